The van der Waals surface area contributed by atoms with Gasteiger partial charge in [-0.3, -0.25) is 4.90 Å². The highest BCUT2D eigenvalue weighted by Crippen LogP contribution is 2.26. The van der Waals surface area contributed by atoms with Crippen molar-refractivity contribution in [3.8, 4) is 0 Å². The zero-order chi connectivity index (χ0) is 33.2. The number of hydrogen-bond donors (Lipinski definition) is 4. The van der Waals surface area contributed by atoms with Crippen molar-refractivity contribution in [1.29, 1.82) is 0 Å². The van der Waals surface area contributed by atoms with Gasteiger partial charge in [-0.25, -0.2) is 15.0 Å². The lowest BCUT2D eigenvalue weighted by molar-refractivity contribution is 0.185. The van der Waals surface area contributed by atoms with Crippen LogP contribution < -0.4 is 11.1 Å². The zero-order valence-electron chi connectivity index (χ0n) is 25.1. The van der Waals surface area contributed by atoms with E-state index in [1.54, 1.807) is 18.3 Å². The number of aromatic nitrogens is 4. The average molecular weight is 795 g/mol. The van der Waals surface area contributed by atoms with Crippen LogP contribution in [0.4, 0.5) is 17.2 Å². The summed E-state index contributed by atoms with van der Waals surface area (Å²) in [5.41, 5.74) is 8.48. The van der Waals surface area contributed by atoms with Gasteiger partial charge in [0.1, 0.15) is 11.0 Å². The van der Waals surface area contributed by atoms with Crippen LogP contribution in [0.5, 0.6) is 0 Å². The molecular weight excluding hydrogens is 757 g/mol. The summed E-state index contributed by atoms with van der Waals surface area (Å²) in [5.74, 6) is 0.561. The maximum Gasteiger partial charge on any atom is 0.224 e. The Kier molecular flexibility index (Phi) is 19.6. The van der Waals surface area contributed by atoms with E-state index in [2.05, 4.69) is 96.6 Å². The molecule has 9 nitrogen and oxygen atoms in total. The summed E-state index contributed by atoms with van der Waals surface area (Å²) < 4.78 is 1.35. The smallest absolute Gasteiger partial charge is 0.224 e. The van der Waals surface area contributed by atoms with Crippen LogP contribution in [-0.2, 0) is 13.2 Å². The van der Waals surface area contributed by atoms with Crippen molar-refractivity contribution in [3.63, 3.8) is 0 Å². The molecule has 14 heteroatoms. The lowest BCUT2D eigenvalue weighted by Crippen LogP contribution is -2.36. The molecule has 0 radical (unpaired) electrons. The highest BCUT2D eigenvalue weighted by atomic mass is 79.9. The van der Waals surface area contributed by atoms with Crippen LogP contribution in [0.3, 0.4) is 0 Å². The first-order chi connectivity index (χ1) is 20.8. The van der Waals surface area contributed by atoms with Crippen LogP contribution in [0.25, 0.3) is 0 Å². The van der Waals surface area contributed by atoms with Crippen molar-refractivity contribution in [1.82, 2.24) is 24.8 Å². The topological polar surface area (TPSA) is 133 Å². The van der Waals surface area contributed by atoms with Crippen LogP contribution in [0, 0.1) is 0 Å². The van der Waals surface area contributed by atoms with Crippen LogP contribution in [0.2, 0.25) is 15.7 Å². The third kappa shape index (κ3) is 14.8. The molecule has 0 atom stereocenters. The monoisotopic (exact) mass is 791 g/mol. The molecule has 0 aliphatic heterocycles. The SMILES string of the molecule is CCN(C(C)C)C(C)C.Clc1ncc(Br)c(Cl)n1.Nc1ccccc1CO.OCc1ccccc1Nc1nc(Cl)ncc1Br. The van der Waals surface area contributed by atoms with Crippen molar-refractivity contribution in [2.75, 3.05) is 17.6 Å². The van der Waals surface area contributed by atoms with Gasteiger partial charge < -0.3 is 21.3 Å². The number of nitrogen functional groups attached to an aromatic ring is 1. The minimum absolute atomic E-state index is 0.0205. The Morgan fingerprint density at radius 3 is 1.73 bits per heavy atom. The fourth-order valence-electron chi connectivity index (χ4n) is 3.67. The van der Waals surface area contributed by atoms with Crippen molar-refractivity contribution in [2.45, 2.75) is 59.9 Å². The standard InChI is InChI=1S/C11H9BrClN3O.C8H19N.C7H9NO.C4HBrCl2N2/c12-8-5-14-11(13)16-10(8)15-9-4-2-1-3-7(9)6-17;1-6-9(7(2)3)8(4)5;8-7-4-2-1-3-6(7)5-9;5-2-1-8-4(7)9-3(2)6/h1-5,17H,6H2,(H,14,15,16);7-8H,6H2,1-5H3;1-4,9H,5,8H2;1H. The van der Waals surface area contributed by atoms with Crippen molar-refractivity contribution in [3.05, 3.63) is 96.7 Å². The van der Waals surface area contributed by atoms with Gasteiger partial charge in [0, 0.05) is 47.0 Å². The molecule has 0 aliphatic carbocycles. The number of aliphatic hydroxyl groups is 2. The van der Waals surface area contributed by atoms with Crippen molar-refractivity contribution < 1.29 is 10.2 Å². The number of benzene rings is 2. The molecule has 2 aromatic heterocycles. The van der Waals surface area contributed by atoms with E-state index in [9.17, 15) is 5.11 Å². The van der Waals surface area contributed by atoms with Crippen LogP contribution >= 0.6 is 66.7 Å². The fourth-order valence-corrected chi connectivity index (χ4v) is 4.59. The van der Waals surface area contributed by atoms with E-state index < -0.39 is 0 Å². The third-order valence-corrected chi connectivity index (χ3v) is 7.79. The summed E-state index contributed by atoms with van der Waals surface area (Å²) in [7, 11) is 0. The molecule has 0 saturated carbocycles. The van der Waals surface area contributed by atoms with Crippen LogP contribution in [0.1, 0.15) is 45.7 Å². The Balaban J connectivity index is 0.000000310. The lowest BCUT2D eigenvalue weighted by Gasteiger charge is -2.28. The number of hydrogen-bond acceptors (Lipinski definition) is 9. The van der Waals surface area contributed by atoms with E-state index in [1.165, 1.54) is 6.20 Å². The maximum atomic E-state index is 9.21. The summed E-state index contributed by atoms with van der Waals surface area (Å²) >= 11 is 23.1. The second-order valence-corrected chi connectivity index (χ2v) is 12.2. The molecule has 0 spiro atoms. The Bertz CT molecular complexity index is 1410. The van der Waals surface area contributed by atoms with Gasteiger partial charge in [0.25, 0.3) is 0 Å². The largest absolute Gasteiger partial charge is 0.398 e. The number of rotatable bonds is 7. The first-order valence-electron chi connectivity index (χ1n) is 13.5. The van der Waals surface area contributed by atoms with Gasteiger partial charge in [-0.15, -0.1) is 0 Å². The number of nitrogens with zero attached hydrogens (tertiary/aromatic N) is 5. The molecule has 0 bridgehead atoms. The molecule has 2 heterocycles. The fraction of sp³-hybridized carbons (Fsp3) is 0.333. The second-order valence-electron chi connectivity index (χ2n) is 9.43. The molecule has 44 heavy (non-hydrogen) atoms. The van der Waals surface area contributed by atoms with E-state index in [0.29, 0.717) is 37.7 Å². The van der Waals surface area contributed by atoms with Gasteiger partial charge >= 0.3 is 0 Å². The van der Waals surface area contributed by atoms with Gasteiger partial charge in [0.2, 0.25) is 10.6 Å². The highest BCUT2D eigenvalue weighted by molar-refractivity contribution is 9.11. The number of aliphatic hydroxyl groups excluding tert-OH is 2. The van der Waals surface area contributed by atoms with Crippen molar-refractivity contribution >= 4 is 83.9 Å². The average Bonchev–Trinajstić information content (AvgIpc) is 2.98. The molecule has 4 rings (SSSR count). The number of anilines is 3. The molecule has 5 N–H and O–H groups in total. The molecule has 0 amide bonds. The summed E-state index contributed by atoms with van der Waals surface area (Å²) in [4.78, 5) is 17.7. The van der Waals surface area contributed by atoms with E-state index in [-0.39, 0.29) is 23.8 Å². The summed E-state index contributed by atoms with van der Waals surface area (Å²) in [6.45, 7) is 12.3. The number of halogens is 5. The molecule has 4 aromatic rings. The highest BCUT2D eigenvalue weighted by Gasteiger charge is 2.09. The minimum atomic E-state index is -0.0421. The normalized spacial score (nSPS) is 10.3. The maximum absolute atomic E-state index is 9.21. The predicted molar refractivity (Wildman–Crippen MR) is 190 cm³/mol. The molecular formula is C30H38Br2Cl3N7O2. The Morgan fingerprint density at radius 1 is 0.795 bits per heavy atom. The van der Waals surface area contributed by atoms with Gasteiger partial charge in [-0.1, -0.05) is 54.9 Å². The summed E-state index contributed by atoms with van der Waals surface area (Å²) in [6, 6.07) is 16.1. The molecule has 2 aromatic carbocycles. The first-order valence-corrected chi connectivity index (χ1v) is 16.2. The number of nitrogens with one attached hydrogen (secondary N) is 1. The Morgan fingerprint density at radius 2 is 1.30 bits per heavy atom. The Hall–Kier alpha value is -2.09. The lowest BCUT2D eigenvalue weighted by atomic mass is 10.2. The summed E-state index contributed by atoms with van der Waals surface area (Å²) in [5, 5.41) is 21.6. The molecule has 240 valence electrons. The van der Waals surface area contributed by atoms with Gasteiger partial charge in [0.05, 0.1) is 22.2 Å². The first kappa shape index (κ1) is 39.9. The number of para-hydroxylation sites is 2. The molecule has 0 unspecified atom stereocenters. The summed E-state index contributed by atoms with van der Waals surface area (Å²) in [6.07, 6.45) is 3.07. The van der Waals surface area contributed by atoms with Crippen LogP contribution in [0.15, 0.2) is 69.9 Å². The number of nitrogens with two attached hydrogens (primary N) is 1. The quantitative estimate of drug-likeness (QED) is 0.0826. The molecule has 0 fully saturated rings. The zero-order valence-corrected chi connectivity index (χ0v) is 30.6. The van der Waals surface area contributed by atoms with Gasteiger partial charge in [-0.2, -0.15) is 4.98 Å². The van der Waals surface area contributed by atoms with E-state index in [1.807, 2.05) is 36.4 Å². The van der Waals surface area contributed by atoms with Crippen LogP contribution in [-0.4, -0.2) is 53.7 Å². The van der Waals surface area contributed by atoms with E-state index >= 15 is 0 Å². The van der Waals surface area contributed by atoms with Crippen molar-refractivity contribution in [2.24, 2.45) is 0 Å². The van der Waals surface area contributed by atoms with Gasteiger partial charge in [-0.05, 0) is 101 Å². The minimum Gasteiger partial charge on any atom is -0.398 e. The van der Waals surface area contributed by atoms with E-state index in [4.69, 9.17) is 45.6 Å². The molecule has 0 aliphatic rings. The second kappa shape index (κ2) is 21.6. The third-order valence-electron chi connectivity index (χ3n) is 5.74. The van der Waals surface area contributed by atoms with Gasteiger partial charge in [0.15, 0.2) is 0 Å². The predicted octanol–water partition coefficient (Wildman–Crippen LogP) is 8.56. The molecule has 0 saturated heterocycles. The van der Waals surface area contributed by atoms with E-state index in [0.717, 1.165) is 23.4 Å². The Labute approximate surface area is 291 Å².